The summed E-state index contributed by atoms with van der Waals surface area (Å²) in [4.78, 5) is 19.4. The number of nitrogens with one attached hydrogen (secondary N) is 1. The normalized spacial score (nSPS) is 12.7. The van der Waals surface area contributed by atoms with Crippen molar-refractivity contribution >= 4 is 51.4 Å². The van der Waals surface area contributed by atoms with Crippen molar-refractivity contribution in [2.75, 3.05) is 16.8 Å². The van der Waals surface area contributed by atoms with E-state index in [0.717, 1.165) is 35.3 Å². The fourth-order valence-electron chi connectivity index (χ4n) is 4.00. The third-order valence-corrected chi connectivity index (χ3v) is 6.53. The van der Waals surface area contributed by atoms with E-state index >= 15 is 0 Å². The average molecular weight is 480 g/mol. The number of phenolic OH excluding ortho intramolecular Hbond substituents is 2. The molecule has 0 saturated carbocycles. The van der Waals surface area contributed by atoms with Crippen molar-refractivity contribution in [1.29, 1.82) is 0 Å². The molecule has 3 aromatic carbocycles. The van der Waals surface area contributed by atoms with Crippen LogP contribution in [0.25, 0.3) is 10.9 Å². The highest BCUT2D eigenvalue weighted by atomic mass is 35.5. The number of phenols is 2. The van der Waals surface area contributed by atoms with Crippen LogP contribution < -0.4 is 10.2 Å². The number of aromatic nitrogens is 1. The Kier molecular flexibility index (Phi) is 5.48. The lowest BCUT2D eigenvalue weighted by Crippen LogP contribution is -2.19. The molecule has 3 N–H and O–H groups in total. The van der Waals surface area contributed by atoms with E-state index in [1.54, 1.807) is 18.2 Å². The van der Waals surface area contributed by atoms with Crippen molar-refractivity contribution in [1.82, 2.24) is 4.98 Å². The molecule has 5 rings (SSSR count). The minimum absolute atomic E-state index is 0.162. The number of hydrogen-bond donors (Lipinski definition) is 3. The number of halogens is 2. The van der Waals surface area contributed by atoms with Crippen LogP contribution in [0.3, 0.4) is 0 Å². The summed E-state index contributed by atoms with van der Waals surface area (Å²) < 4.78 is 0. The topological polar surface area (TPSA) is 85.7 Å². The van der Waals surface area contributed by atoms with E-state index in [1.165, 1.54) is 12.1 Å². The van der Waals surface area contributed by atoms with Gasteiger partial charge in [0.1, 0.15) is 0 Å². The fourth-order valence-corrected chi connectivity index (χ4v) is 4.39. The van der Waals surface area contributed by atoms with Gasteiger partial charge in [-0.2, -0.15) is 0 Å². The highest BCUT2D eigenvalue weighted by Crippen LogP contribution is 2.35. The van der Waals surface area contributed by atoms with Gasteiger partial charge < -0.3 is 20.4 Å². The molecular formula is C25H19Cl2N3O3. The number of pyridine rings is 1. The molecule has 4 aromatic rings. The summed E-state index contributed by atoms with van der Waals surface area (Å²) in [5, 5.41) is 23.7. The smallest absolute Gasteiger partial charge is 0.257 e. The lowest BCUT2D eigenvalue weighted by Gasteiger charge is -2.20. The maximum atomic E-state index is 12.5. The van der Waals surface area contributed by atoms with Gasteiger partial charge in [0.2, 0.25) is 0 Å². The van der Waals surface area contributed by atoms with Crippen molar-refractivity contribution in [2.45, 2.75) is 13.0 Å². The molecule has 0 saturated heterocycles. The van der Waals surface area contributed by atoms with Crippen LogP contribution in [0.15, 0.2) is 60.7 Å². The second kappa shape index (κ2) is 8.46. The number of rotatable bonds is 4. The van der Waals surface area contributed by atoms with Crippen molar-refractivity contribution in [3.05, 3.63) is 87.5 Å². The first-order chi connectivity index (χ1) is 15.9. The van der Waals surface area contributed by atoms with Gasteiger partial charge in [0, 0.05) is 36.7 Å². The monoisotopic (exact) mass is 479 g/mol. The van der Waals surface area contributed by atoms with Gasteiger partial charge in [-0.1, -0.05) is 41.4 Å². The van der Waals surface area contributed by atoms with Crippen LogP contribution >= 0.6 is 23.2 Å². The van der Waals surface area contributed by atoms with E-state index in [0.29, 0.717) is 28.3 Å². The summed E-state index contributed by atoms with van der Waals surface area (Å²) in [6, 6.07) is 17.6. The standard InChI is InChI=1S/C25H19Cl2N3O3/c26-18-3-1-2-17(24(18)27)25(33)28-16-6-4-14(5-7-16)13-30-9-8-19-21(30)10-15-11-22(31)23(32)12-20(15)29-19/h1-7,10-12,31-32H,8-9,13H2,(H,28,33). The van der Waals surface area contributed by atoms with E-state index < -0.39 is 0 Å². The molecule has 6 nitrogen and oxygen atoms in total. The van der Waals surface area contributed by atoms with Crippen LogP contribution in [-0.4, -0.2) is 27.6 Å². The molecule has 1 amide bonds. The predicted octanol–water partition coefficient (Wildman–Crippen LogP) is 5.77. The van der Waals surface area contributed by atoms with Crippen LogP contribution in [0.1, 0.15) is 21.6 Å². The summed E-state index contributed by atoms with van der Waals surface area (Å²) >= 11 is 12.1. The molecule has 1 aliphatic heterocycles. The third kappa shape index (κ3) is 4.15. The minimum atomic E-state index is -0.323. The SMILES string of the molecule is O=C(Nc1ccc(CN2CCc3nc4cc(O)c(O)cc4cc32)cc1)c1cccc(Cl)c1Cl. The van der Waals surface area contributed by atoms with Crippen molar-refractivity contribution < 1.29 is 15.0 Å². The fraction of sp³-hybridized carbons (Fsp3) is 0.120. The Balaban J connectivity index is 1.31. The maximum Gasteiger partial charge on any atom is 0.257 e. The zero-order chi connectivity index (χ0) is 23.1. The zero-order valence-electron chi connectivity index (χ0n) is 17.3. The Morgan fingerprint density at radius 1 is 1.03 bits per heavy atom. The lowest BCUT2D eigenvalue weighted by molar-refractivity contribution is 0.102. The second-order valence-corrected chi connectivity index (χ2v) is 8.70. The van der Waals surface area contributed by atoms with Gasteiger partial charge in [-0.25, -0.2) is 0 Å². The van der Waals surface area contributed by atoms with Crippen molar-refractivity contribution in [2.24, 2.45) is 0 Å². The summed E-state index contributed by atoms with van der Waals surface area (Å²) in [5.74, 6) is -0.656. The van der Waals surface area contributed by atoms with Crippen LogP contribution in [0.5, 0.6) is 11.5 Å². The van der Waals surface area contributed by atoms with Crippen LogP contribution in [0, 0.1) is 0 Å². The van der Waals surface area contributed by atoms with Gasteiger partial charge in [0.15, 0.2) is 11.5 Å². The number of carbonyl (C=O) groups excluding carboxylic acids is 1. The van der Waals surface area contributed by atoms with Crippen LogP contribution in [-0.2, 0) is 13.0 Å². The number of anilines is 2. The number of fused-ring (bicyclic) bond motifs is 2. The van der Waals surface area contributed by atoms with E-state index in [4.69, 9.17) is 23.2 Å². The number of amides is 1. The highest BCUT2D eigenvalue weighted by molar-refractivity contribution is 6.44. The Labute approximate surface area is 200 Å². The molecule has 2 heterocycles. The number of aromatic hydroxyl groups is 2. The third-order valence-electron chi connectivity index (χ3n) is 5.71. The van der Waals surface area contributed by atoms with E-state index in [1.807, 2.05) is 30.3 Å². The van der Waals surface area contributed by atoms with Crippen LogP contribution in [0.4, 0.5) is 11.4 Å². The molecule has 8 heteroatoms. The van der Waals surface area contributed by atoms with Gasteiger partial charge in [0.25, 0.3) is 5.91 Å². The van der Waals surface area contributed by atoms with Crippen LogP contribution in [0.2, 0.25) is 10.0 Å². The highest BCUT2D eigenvalue weighted by Gasteiger charge is 2.22. The van der Waals surface area contributed by atoms with Gasteiger partial charge in [-0.15, -0.1) is 0 Å². The second-order valence-electron chi connectivity index (χ2n) is 7.91. The van der Waals surface area contributed by atoms with Gasteiger partial charge in [-0.3, -0.25) is 9.78 Å². The molecule has 0 radical (unpaired) electrons. The first-order valence-electron chi connectivity index (χ1n) is 10.3. The number of nitrogens with zero attached hydrogens (tertiary/aromatic N) is 2. The van der Waals surface area contributed by atoms with Gasteiger partial charge >= 0.3 is 0 Å². The quantitative estimate of drug-likeness (QED) is 0.323. The molecule has 0 atom stereocenters. The number of benzene rings is 3. The van der Waals surface area contributed by atoms with Crippen molar-refractivity contribution in [3.63, 3.8) is 0 Å². The number of hydrogen-bond acceptors (Lipinski definition) is 5. The van der Waals surface area contributed by atoms with Crippen molar-refractivity contribution in [3.8, 4) is 11.5 Å². The molecule has 1 aromatic heterocycles. The average Bonchev–Trinajstić information content (AvgIpc) is 3.17. The molecular weight excluding hydrogens is 461 g/mol. The molecule has 0 fully saturated rings. The molecule has 166 valence electrons. The summed E-state index contributed by atoms with van der Waals surface area (Å²) in [6.45, 7) is 1.50. The van der Waals surface area contributed by atoms with Gasteiger partial charge in [-0.05, 0) is 42.0 Å². The Bertz CT molecular complexity index is 1390. The van der Waals surface area contributed by atoms with E-state index in [9.17, 15) is 15.0 Å². The molecule has 0 unspecified atom stereocenters. The summed E-state index contributed by atoms with van der Waals surface area (Å²) in [6.07, 6.45) is 0.807. The largest absolute Gasteiger partial charge is 0.504 e. The Morgan fingerprint density at radius 3 is 2.58 bits per heavy atom. The lowest BCUT2D eigenvalue weighted by atomic mass is 10.1. The molecule has 33 heavy (non-hydrogen) atoms. The maximum absolute atomic E-state index is 12.5. The summed E-state index contributed by atoms with van der Waals surface area (Å²) in [5.41, 5.74) is 4.70. The van der Waals surface area contributed by atoms with E-state index in [-0.39, 0.29) is 22.4 Å². The first-order valence-corrected chi connectivity index (χ1v) is 11.1. The molecule has 0 aliphatic carbocycles. The predicted molar refractivity (Wildman–Crippen MR) is 131 cm³/mol. The molecule has 0 bridgehead atoms. The molecule has 1 aliphatic rings. The Morgan fingerprint density at radius 2 is 1.79 bits per heavy atom. The molecule has 0 spiro atoms. The zero-order valence-corrected chi connectivity index (χ0v) is 18.9. The van der Waals surface area contributed by atoms with E-state index in [2.05, 4.69) is 15.2 Å². The summed E-state index contributed by atoms with van der Waals surface area (Å²) in [7, 11) is 0. The minimum Gasteiger partial charge on any atom is -0.504 e. The van der Waals surface area contributed by atoms with Gasteiger partial charge in [0.05, 0.1) is 32.5 Å². The Hall–Kier alpha value is -3.48. The number of carbonyl (C=O) groups is 1. The first kappa shape index (κ1) is 21.4.